The average Bonchev–Trinajstić information content (AvgIpc) is 2.57. The first kappa shape index (κ1) is 13.4. The standard InChI is InChI=1S/C12H21N3S/c1-5-6-13-7-8-14-9(2)12-10(3)15-11(4)16-12/h5,9,13-14H,1,6-8H2,2-4H3. The minimum Gasteiger partial charge on any atom is -0.312 e. The van der Waals surface area contributed by atoms with E-state index in [0.29, 0.717) is 6.04 Å². The smallest absolute Gasteiger partial charge is 0.0900 e. The fourth-order valence-electron chi connectivity index (χ4n) is 1.62. The molecule has 0 aliphatic carbocycles. The van der Waals surface area contributed by atoms with Crippen molar-refractivity contribution in [1.82, 2.24) is 15.6 Å². The van der Waals surface area contributed by atoms with E-state index in [1.807, 2.05) is 6.08 Å². The Balaban J connectivity index is 2.32. The molecule has 90 valence electrons. The summed E-state index contributed by atoms with van der Waals surface area (Å²) in [6.45, 7) is 12.8. The van der Waals surface area contributed by atoms with Gasteiger partial charge in [0.25, 0.3) is 0 Å². The number of thiazole rings is 1. The van der Waals surface area contributed by atoms with E-state index >= 15 is 0 Å². The van der Waals surface area contributed by atoms with Crippen molar-refractivity contribution in [2.24, 2.45) is 0 Å². The number of nitrogens with zero attached hydrogens (tertiary/aromatic N) is 1. The van der Waals surface area contributed by atoms with Crippen molar-refractivity contribution in [1.29, 1.82) is 0 Å². The number of rotatable bonds is 7. The van der Waals surface area contributed by atoms with Crippen molar-refractivity contribution in [2.75, 3.05) is 19.6 Å². The molecular formula is C12H21N3S. The molecule has 0 aliphatic rings. The SMILES string of the molecule is C=CCNCCNC(C)c1sc(C)nc1C. The molecule has 1 atom stereocenters. The van der Waals surface area contributed by atoms with Gasteiger partial charge in [0.1, 0.15) is 0 Å². The Morgan fingerprint density at radius 1 is 1.44 bits per heavy atom. The van der Waals surface area contributed by atoms with E-state index in [0.717, 1.165) is 30.3 Å². The monoisotopic (exact) mass is 239 g/mol. The molecule has 1 aromatic rings. The first-order valence-electron chi connectivity index (χ1n) is 5.64. The Kier molecular flexibility index (Phi) is 5.66. The van der Waals surface area contributed by atoms with E-state index in [1.165, 1.54) is 4.88 Å². The molecule has 0 saturated heterocycles. The van der Waals surface area contributed by atoms with Crippen LogP contribution in [0.3, 0.4) is 0 Å². The van der Waals surface area contributed by atoms with Crippen LogP contribution in [0.5, 0.6) is 0 Å². The Labute approximate surface area is 102 Å². The van der Waals surface area contributed by atoms with Crippen molar-refractivity contribution in [3.8, 4) is 0 Å². The number of aryl methyl sites for hydroxylation is 2. The quantitative estimate of drug-likeness (QED) is 0.566. The van der Waals surface area contributed by atoms with Crippen LogP contribution in [-0.2, 0) is 0 Å². The second-order valence-corrected chi connectivity index (χ2v) is 5.09. The van der Waals surface area contributed by atoms with Gasteiger partial charge in [-0.3, -0.25) is 0 Å². The summed E-state index contributed by atoms with van der Waals surface area (Å²) in [4.78, 5) is 5.79. The van der Waals surface area contributed by atoms with Crippen LogP contribution in [0.25, 0.3) is 0 Å². The molecule has 0 amide bonds. The number of hydrogen-bond acceptors (Lipinski definition) is 4. The summed E-state index contributed by atoms with van der Waals surface area (Å²) in [5, 5.41) is 7.90. The maximum Gasteiger partial charge on any atom is 0.0900 e. The van der Waals surface area contributed by atoms with Crippen molar-refractivity contribution in [3.63, 3.8) is 0 Å². The van der Waals surface area contributed by atoms with Gasteiger partial charge in [-0.25, -0.2) is 4.98 Å². The van der Waals surface area contributed by atoms with Gasteiger partial charge in [0.05, 0.1) is 10.7 Å². The third kappa shape index (κ3) is 4.04. The summed E-state index contributed by atoms with van der Waals surface area (Å²) in [7, 11) is 0. The maximum absolute atomic E-state index is 4.44. The Bertz CT molecular complexity index is 333. The van der Waals surface area contributed by atoms with Crippen LogP contribution < -0.4 is 10.6 Å². The lowest BCUT2D eigenvalue weighted by Gasteiger charge is -2.12. The Morgan fingerprint density at radius 3 is 2.75 bits per heavy atom. The summed E-state index contributed by atoms with van der Waals surface area (Å²) in [6, 6.07) is 0.386. The van der Waals surface area contributed by atoms with Crippen molar-refractivity contribution in [2.45, 2.75) is 26.8 Å². The normalized spacial score (nSPS) is 12.7. The second-order valence-electron chi connectivity index (χ2n) is 3.85. The molecule has 4 heteroatoms. The first-order chi connectivity index (χ1) is 7.65. The molecule has 16 heavy (non-hydrogen) atoms. The van der Waals surface area contributed by atoms with E-state index in [9.17, 15) is 0 Å². The van der Waals surface area contributed by atoms with Crippen molar-refractivity contribution in [3.05, 3.63) is 28.2 Å². The third-order valence-corrected chi connectivity index (χ3v) is 3.63. The highest BCUT2D eigenvalue weighted by Crippen LogP contribution is 2.23. The Hall–Kier alpha value is -0.710. The lowest BCUT2D eigenvalue weighted by Crippen LogP contribution is -2.29. The predicted octanol–water partition coefficient (Wildman–Crippen LogP) is 2.19. The molecule has 1 heterocycles. The molecule has 0 saturated carbocycles. The van der Waals surface area contributed by atoms with Gasteiger partial charge >= 0.3 is 0 Å². The number of nitrogens with one attached hydrogen (secondary N) is 2. The number of aromatic nitrogens is 1. The molecule has 2 N–H and O–H groups in total. The van der Waals surface area contributed by atoms with E-state index in [2.05, 4.69) is 43.0 Å². The van der Waals surface area contributed by atoms with Gasteiger partial charge < -0.3 is 10.6 Å². The van der Waals surface area contributed by atoms with Gasteiger partial charge in [-0.2, -0.15) is 0 Å². The van der Waals surface area contributed by atoms with Crippen LogP contribution in [0.4, 0.5) is 0 Å². The summed E-state index contributed by atoms with van der Waals surface area (Å²) in [5.74, 6) is 0. The summed E-state index contributed by atoms with van der Waals surface area (Å²) in [5.41, 5.74) is 1.15. The first-order valence-corrected chi connectivity index (χ1v) is 6.45. The van der Waals surface area contributed by atoms with Crippen LogP contribution in [0.2, 0.25) is 0 Å². The van der Waals surface area contributed by atoms with Crippen LogP contribution in [0, 0.1) is 13.8 Å². The topological polar surface area (TPSA) is 37.0 Å². The van der Waals surface area contributed by atoms with Crippen LogP contribution in [0.15, 0.2) is 12.7 Å². The zero-order valence-corrected chi connectivity index (χ0v) is 11.2. The summed E-state index contributed by atoms with van der Waals surface area (Å²) in [6.07, 6.45) is 1.88. The van der Waals surface area contributed by atoms with Gasteiger partial charge in [0, 0.05) is 30.6 Å². The second kappa shape index (κ2) is 6.78. The highest BCUT2D eigenvalue weighted by molar-refractivity contribution is 7.11. The summed E-state index contributed by atoms with van der Waals surface area (Å²) < 4.78 is 0. The van der Waals surface area contributed by atoms with Crippen molar-refractivity contribution < 1.29 is 0 Å². The minimum atomic E-state index is 0.386. The molecule has 0 spiro atoms. The van der Waals surface area contributed by atoms with Crippen LogP contribution >= 0.6 is 11.3 Å². The van der Waals surface area contributed by atoms with E-state index < -0.39 is 0 Å². The van der Waals surface area contributed by atoms with Gasteiger partial charge in [0.15, 0.2) is 0 Å². The molecule has 1 rings (SSSR count). The Morgan fingerprint density at radius 2 is 2.19 bits per heavy atom. The molecule has 0 bridgehead atoms. The highest BCUT2D eigenvalue weighted by atomic mass is 32.1. The van der Waals surface area contributed by atoms with Gasteiger partial charge in [-0.15, -0.1) is 17.9 Å². The van der Waals surface area contributed by atoms with Crippen LogP contribution in [0.1, 0.15) is 28.5 Å². The molecule has 0 radical (unpaired) electrons. The van der Waals surface area contributed by atoms with E-state index in [1.54, 1.807) is 11.3 Å². The molecule has 0 fully saturated rings. The molecule has 3 nitrogen and oxygen atoms in total. The van der Waals surface area contributed by atoms with Gasteiger partial charge in [0.2, 0.25) is 0 Å². The molecule has 1 unspecified atom stereocenters. The molecule has 0 aromatic carbocycles. The van der Waals surface area contributed by atoms with Gasteiger partial charge in [-0.05, 0) is 20.8 Å². The lowest BCUT2D eigenvalue weighted by molar-refractivity contribution is 0.560. The third-order valence-electron chi connectivity index (χ3n) is 2.37. The van der Waals surface area contributed by atoms with E-state index in [4.69, 9.17) is 0 Å². The minimum absolute atomic E-state index is 0.386. The fraction of sp³-hybridized carbons (Fsp3) is 0.583. The predicted molar refractivity (Wildman–Crippen MR) is 71.1 cm³/mol. The van der Waals surface area contributed by atoms with Crippen LogP contribution in [-0.4, -0.2) is 24.6 Å². The molecular weight excluding hydrogens is 218 g/mol. The fourth-order valence-corrected chi connectivity index (χ4v) is 2.58. The zero-order valence-electron chi connectivity index (χ0n) is 10.3. The largest absolute Gasteiger partial charge is 0.312 e. The highest BCUT2D eigenvalue weighted by Gasteiger charge is 2.11. The average molecular weight is 239 g/mol. The number of hydrogen-bond donors (Lipinski definition) is 2. The van der Waals surface area contributed by atoms with Gasteiger partial charge in [-0.1, -0.05) is 6.08 Å². The molecule has 1 aromatic heterocycles. The summed E-state index contributed by atoms with van der Waals surface area (Å²) >= 11 is 1.78. The lowest BCUT2D eigenvalue weighted by atomic mass is 10.2. The maximum atomic E-state index is 4.44. The zero-order chi connectivity index (χ0) is 12.0. The van der Waals surface area contributed by atoms with Crippen molar-refractivity contribution >= 4 is 11.3 Å². The van der Waals surface area contributed by atoms with E-state index in [-0.39, 0.29) is 0 Å². The molecule has 0 aliphatic heterocycles.